The number of amides is 1. The highest BCUT2D eigenvalue weighted by atomic mass is 35.5. The topological polar surface area (TPSA) is 59.8 Å². The monoisotopic (exact) mass is 496 g/mol. The molecule has 0 saturated heterocycles. The second-order valence-electron chi connectivity index (χ2n) is 7.63. The van der Waals surface area contributed by atoms with Crippen molar-refractivity contribution in [3.63, 3.8) is 0 Å². The first kappa shape index (κ1) is 23.4. The summed E-state index contributed by atoms with van der Waals surface area (Å²) >= 11 is 14.1. The minimum Gasteiger partial charge on any atom is -0.324 e. The Morgan fingerprint density at radius 2 is 1.70 bits per heavy atom. The Hall–Kier alpha value is -2.80. The average molecular weight is 497 g/mol. The van der Waals surface area contributed by atoms with Gasteiger partial charge in [-0.2, -0.15) is 0 Å². The van der Waals surface area contributed by atoms with Crippen molar-refractivity contribution in [2.75, 3.05) is 11.1 Å². The summed E-state index contributed by atoms with van der Waals surface area (Å²) in [5, 5.41) is 13.4. The zero-order valence-corrected chi connectivity index (χ0v) is 20.5. The van der Waals surface area contributed by atoms with Gasteiger partial charge in [-0.3, -0.25) is 9.36 Å². The van der Waals surface area contributed by atoms with E-state index in [2.05, 4.69) is 15.5 Å². The number of benzene rings is 3. The number of anilines is 1. The number of halogens is 2. The zero-order chi connectivity index (χ0) is 23.4. The van der Waals surface area contributed by atoms with E-state index in [1.54, 1.807) is 0 Å². The molecule has 0 saturated carbocycles. The van der Waals surface area contributed by atoms with Crippen molar-refractivity contribution in [2.45, 2.75) is 25.5 Å². The Bertz CT molecular complexity index is 1270. The molecule has 0 aliphatic rings. The summed E-state index contributed by atoms with van der Waals surface area (Å²) < 4.78 is 1.98. The van der Waals surface area contributed by atoms with Gasteiger partial charge in [0.1, 0.15) is 0 Å². The molecular formula is C25H22Cl2N4OS. The van der Waals surface area contributed by atoms with Crippen molar-refractivity contribution in [3.8, 4) is 11.4 Å². The summed E-state index contributed by atoms with van der Waals surface area (Å²) in [6.07, 6.45) is 0. The number of nitrogens with zero attached hydrogens (tertiary/aromatic N) is 3. The van der Waals surface area contributed by atoms with E-state index < -0.39 is 0 Å². The van der Waals surface area contributed by atoms with Crippen LogP contribution in [0.2, 0.25) is 10.0 Å². The summed E-state index contributed by atoms with van der Waals surface area (Å²) in [5.74, 6) is 0.659. The third-order valence-electron chi connectivity index (χ3n) is 5.04. The van der Waals surface area contributed by atoms with Crippen molar-refractivity contribution in [1.29, 1.82) is 0 Å². The first-order valence-electron chi connectivity index (χ1n) is 10.3. The normalized spacial score (nSPS) is 10.9. The molecule has 0 radical (unpaired) electrons. The molecule has 0 fully saturated rings. The number of carbonyl (C=O) groups excluding carboxylic acids is 1. The van der Waals surface area contributed by atoms with Crippen LogP contribution in [0.1, 0.15) is 16.7 Å². The second-order valence-corrected chi connectivity index (χ2v) is 9.39. The number of rotatable bonds is 7. The van der Waals surface area contributed by atoms with E-state index in [9.17, 15) is 4.79 Å². The third kappa shape index (κ3) is 5.58. The smallest absolute Gasteiger partial charge is 0.234 e. The standard InChI is InChI=1S/C25H22Cl2N4OS/c1-16-12-17(2)23(21(27)13-16)28-22(32)15-33-25-30-29-24(19-10-6-7-11-20(19)26)31(25)14-18-8-4-3-5-9-18/h3-13H,14-15H2,1-2H3,(H,28,32). The van der Waals surface area contributed by atoms with Gasteiger partial charge >= 0.3 is 0 Å². The van der Waals surface area contributed by atoms with Crippen LogP contribution < -0.4 is 5.32 Å². The van der Waals surface area contributed by atoms with E-state index in [0.29, 0.717) is 33.3 Å². The van der Waals surface area contributed by atoms with Crippen LogP contribution in [0, 0.1) is 13.8 Å². The number of nitrogens with one attached hydrogen (secondary N) is 1. The molecule has 33 heavy (non-hydrogen) atoms. The van der Waals surface area contributed by atoms with Crippen LogP contribution in [-0.4, -0.2) is 26.4 Å². The van der Waals surface area contributed by atoms with Gasteiger partial charge in [0.15, 0.2) is 11.0 Å². The van der Waals surface area contributed by atoms with Crippen molar-refractivity contribution >= 4 is 46.6 Å². The number of thioether (sulfide) groups is 1. The molecule has 0 atom stereocenters. The van der Waals surface area contributed by atoms with Gasteiger partial charge < -0.3 is 5.32 Å². The number of carbonyl (C=O) groups is 1. The van der Waals surface area contributed by atoms with Gasteiger partial charge in [-0.15, -0.1) is 10.2 Å². The maximum absolute atomic E-state index is 12.7. The number of aromatic nitrogens is 3. The molecule has 0 bridgehead atoms. The second kappa shape index (κ2) is 10.4. The molecule has 0 aliphatic heterocycles. The van der Waals surface area contributed by atoms with Crippen LogP contribution >= 0.6 is 35.0 Å². The minimum atomic E-state index is -0.164. The quantitative estimate of drug-likeness (QED) is 0.291. The van der Waals surface area contributed by atoms with E-state index in [1.807, 2.05) is 85.1 Å². The van der Waals surface area contributed by atoms with Crippen LogP contribution in [-0.2, 0) is 11.3 Å². The van der Waals surface area contributed by atoms with Crippen LogP contribution in [0.4, 0.5) is 5.69 Å². The molecule has 5 nitrogen and oxygen atoms in total. The highest BCUT2D eigenvalue weighted by Gasteiger charge is 2.18. The highest BCUT2D eigenvalue weighted by molar-refractivity contribution is 7.99. The molecule has 1 aromatic heterocycles. The zero-order valence-electron chi connectivity index (χ0n) is 18.2. The van der Waals surface area contributed by atoms with Gasteiger partial charge in [-0.05, 0) is 48.7 Å². The lowest BCUT2D eigenvalue weighted by molar-refractivity contribution is -0.113. The van der Waals surface area contributed by atoms with Crippen molar-refractivity contribution in [1.82, 2.24) is 14.8 Å². The molecule has 4 rings (SSSR count). The van der Waals surface area contributed by atoms with Crippen molar-refractivity contribution in [3.05, 3.63) is 93.5 Å². The van der Waals surface area contributed by atoms with Gasteiger partial charge in [0, 0.05) is 5.56 Å². The van der Waals surface area contributed by atoms with Gasteiger partial charge in [0.05, 0.1) is 28.0 Å². The van der Waals surface area contributed by atoms with Crippen molar-refractivity contribution in [2.24, 2.45) is 0 Å². The van der Waals surface area contributed by atoms with E-state index >= 15 is 0 Å². The molecule has 1 N–H and O–H groups in total. The molecule has 0 unspecified atom stereocenters. The van der Waals surface area contributed by atoms with E-state index in [4.69, 9.17) is 23.2 Å². The summed E-state index contributed by atoms with van der Waals surface area (Å²) in [5.41, 5.74) is 4.49. The summed E-state index contributed by atoms with van der Waals surface area (Å²) in [6, 6.07) is 21.4. The Morgan fingerprint density at radius 1 is 0.970 bits per heavy atom. The molecule has 168 valence electrons. The fourth-order valence-electron chi connectivity index (χ4n) is 3.53. The molecular weight excluding hydrogens is 475 g/mol. The van der Waals surface area contributed by atoms with Crippen LogP contribution in [0.25, 0.3) is 11.4 Å². The predicted octanol–water partition coefficient (Wildman–Crippen LogP) is 6.65. The van der Waals surface area contributed by atoms with Crippen LogP contribution in [0.5, 0.6) is 0 Å². The molecule has 8 heteroatoms. The maximum atomic E-state index is 12.7. The molecule has 4 aromatic rings. The summed E-state index contributed by atoms with van der Waals surface area (Å²) in [4.78, 5) is 12.7. The van der Waals surface area contributed by atoms with E-state index in [0.717, 1.165) is 22.3 Å². The lowest BCUT2D eigenvalue weighted by Gasteiger charge is -2.13. The number of aryl methyl sites for hydroxylation is 2. The van der Waals surface area contributed by atoms with Gasteiger partial charge in [0.2, 0.25) is 5.91 Å². The lowest BCUT2D eigenvalue weighted by Crippen LogP contribution is -2.16. The van der Waals surface area contributed by atoms with E-state index in [1.165, 1.54) is 11.8 Å². The minimum absolute atomic E-state index is 0.164. The maximum Gasteiger partial charge on any atom is 0.234 e. The highest BCUT2D eigenvalue weighted by Crippen LogP contribution is 2.31. The molecule has 0 aliphatic carbocycles. The van der Waals surface area contributed by atoms with Gasteiger partial charge in [-0.25, -0.2) is 0 Å². The predicted molar refractivity (Wildman–Crippen MR) is 136 cm³/mol. The molecule has 1 amide bonds. The Labute approximate surface area is 207 Å². The first-order chi connectivity index (χ1) is 15.9. The lowest BCUT2D eigenvalue weighted by atomic mass is 10.1. The fourth-order valence-corrected chi connectivity index (χ4v) is 4.85. The molecule has 0 spiro atoms. The first-order valence-corrected chi connectivity index (χ1v) is 12.1. The molecule has 1 heterocycles. The van der Waals surface area contributed by atoms with Crippen LogP contribution in [0.3, 0.4) is 0 Å². The number of hydrogen-bond acceptors (Lipinski definition) is 4. The SMILES string of the molecule is Cc1cc(C)c(NC(=O)CSc2nnc(-c3ccccc3Cl)n2Cc2ccccc2)c(Cl)c1. The Kier molecular flexibility index (Phi) is 7.38. The van der Waals surface area contributed by atoms with Gasteiger partial charge in [-0.1, -0.05) is 83.5 Å². The average Bonchev–Trinajstić information content (AvgIpc) is 3.18. The summed E-state index contributed by atoms with van der Waals surface area (Å²) in [7, 11) is 0. The van der Waals surface area contributed by atoms with E-state index in [-0.39, 0.29) is 11.7 Å². The largest absolute Gasteiger partial charge is 0.324 e. The van der Waals surface area contributed by atoms with Crippen molar-refractivity contribution < 1.29 is 4.79 Å². The van der Waals surface area contributed by atoms with Gasteiger partial charge in [0.25, 0.3) is 0 Å². The third-order valence-corrected chi connectivity index (χ3v) is 6.64. The fraction of sp³-hybridized carbons (Fsp3) is 0.160. The Balaban J connectivity index is 1.57. The Morgan fingerprint density at radius 3 is 2.42 bits per heavy atom. The molecule has 3 aromatic carbocycles. The van der Waals surface area contributed by atoms with Crippen LogP contribution in [0.15, 0.2) is 71.9 Å². The summed E-state index contributed by atoms with van der Waals surface area (Å²) in [6.45, 7) is 4.45. The number of hydrogen-bond donors (Lipinski definition) is 1.